The Morgan fingerprint density at radius 3 is 2.18 bits per heavy atom. The first-order chi connectivity index (χ1) is 7.72. The SMILES string of the molecule is CNC(C)(C)c1cc(C(F)(F)F)ccc1OC. The van der Waals surface area contributed by atoms with E-state index in [2.05, 4.69) is 5.32 Å². The smallest absolute Gasteiger partial charge is 0.416 e. The van der Waals surface area contributed by atoms with Crippen LogP contribution in [0.4, 0.5) is 13.2 Å². The molecule has 0 fully saturated rings. The summed E-state index contributed by atoms with van der Waals surface area (Å²) in [6.45, 7) is 3.59. The molecule has 0 saturated heterocycles. The molecular formula is C12H16F3NO. The summed E-state index contributed by atoms with van der Waals surface area (Å²) in [7, 11) is 3.14. The van der Waals surface area contributed by atoms with Crippen LogP contribution in [0.3, 0.4) is 0 Å². The van der Waals surface area contributed by atoms with Crippen LogP contribution in [0.15, 0.2) is 18.2 Å². The maximum Gasteiger partial charge on any atom is 0.416 e. The molecular weight excluding hydrogens is 231 g/mol. The molecule has 1 aromatic carbocycles. The van der Waals surface area contributed by atoms with Crippen LogP contribution < -0.4 is 10.1 Å². The molecule has 0 aliphatic heterocycles. The van der Waals surface area contributed by atoms with Gasteiger partial charge in [-0.1, -0.05) is 0 Å². The molecule has 0 saturated carbocycles. The standard InChI is InChI=1S/C12H16F3NO/c1-11(2,16-3)9-7-8(12(13,14)15)5-6-10(9)17-4/h5-7,16H,1-4H3. The van der Waals surface area contributed by atoms with Gasteiger partial charge in [0.25, 0.3) is 0 Å². The number of hydrogen-bond acceptors (Lipinski definition) is 2. The Hall–Kier alpha value is -1.23. The summed E-state index contributed by atoms with van der Waals surface area (Å²) in [5, 5.41) is 2.96. The summed E-state index contributed by atoms with van der Waals surface area (Å²) in [4.78, 5) is 0. The van der Waals surface area contributed by atoms with Crippen molar-refractivity contribution in [2.24, 2.45) is 0 Å². The van der Waals surface area contributed by atoms with Gasteiger partial charge < -0.3 is 10.1 Å². The third-order valence-electron chi connectivity index (χ3n) is 2.83. The third-order valence-corrected chi connectivity index (χ3v) is 2.83. The quantitative estimate of drug-likeness (QED) is 0.885. The first-order valence-corrected chi connectivity index (χ1v) is 5.17. The van der Waals surface area contributed by atoms with Crippen molar-refractivity contribution in [3.63, 3.8) is 0 Å². The summed E-state index contributed by atoms with van der Waals surface area (Å²) in [5.74, 6) is 0.442. The normalized spacial score (nSPS) is 12.6. The zero-order valence-corrected chi connectivity index (χ0v) is 10.3. The van der Waals surface area contributed by atoms with E-state index in [0.717, 1.165) is 12.1 Å². The van der Waals surface area contributed by atoms with Crippen molar-refractivity contribution < 1.29 is 17.9 Å². The highest BCUT2D eigenvalue weighted by Crippen LogP contribution is 2.36. The first kappa shape index (κ1) is 13.8. The van der Waals surface area contributed by atoms with E-state index in [1.807, 2.05) is 0 Å². The Labute approximate surface area is 98.8 Å². The number of ether oxygens (including phenoxy) is 1. The van der Waals surface area contributed by atoms with E-state index >= 15 is 0 Å². The fraction of sp³-hybridized carbons (Fsp3) is 0.500. The van der Waals surface area contributed by atoms with Crippen LogP contribution in [0.25, 0.3) is 0 Å². The van der Waals surface area contributed by atoms with Crippen molar-refractivity contribution in [3.8, 4) is 5.75 Å². The Morgan fingerprint density at radius 1 is 1.18 bits per heavy atom. The van der Waals surface area contributed by atoms with E-state index in [1.54, 1.807) is 20.9 Å². The maximum absolute atomic E-state index is 12.6. The van der Waals surface area contributed by atoms with Crippen LogP contribution in [0, 0.1) is 0 Å². The summed E-state index contributed by atoms with van der Waals surface area (Å²) in [6.07, 6.45) is -4.34. The van der Waals surface area contributed by atoms with Gasteiger partial charge in [-0.05, 0) is 39.1 Å². The van der Waals surface area contributed by atoms with Crippen molar-refractivity contribution in [1.29, 1.82) is 0 Å². The average molecular weight is 247 g/mol. The van der Waals surface area contributed by atoms with E-state index in [1.165, 1.54) is 13.2 Å². The molecule has 0 heterocycles. The highest BCUT2D eigenvalue weighted by Gasteiger charge is 2.33. The Balaban J connectivity index is 3.35. The van der Waals surface area contributed by atoms with Crippen molar-refractivity contribution in [3.05, 3.63) is 29.3 Å². The van der Waals surface area contributed by atoms with Gasteiger partial charge in [-0.25, -0.2) is 0 Å². The molecule has 96 valence electrons. The molecule has 2 nitrogen and oxygen atoms in total. The van der Waals surface area contributed by atoms with Crippen LogP contribution in [0.1, 0.15) is 25.0 Å². The van der Waals surface area contributed by atoms with E-state index in [0.29, 0.717) is 11.3 Å². The molecule has 5 heteroatoms. The van der Waals surface area contributed by atoms with E-state index < -0.39 is 17.3 Å². The molecule has 0 atom stereocenters. The molecule has 0 amide bonds. The number of benzene rings is 1. The highest BCUT2D eigenvalue weighted by atomic mass is 19.4. The Bertz CT molecular complexity index is 399. The third kappa shape index (κ3) is 2.91. The van der Waals surface area contributed by atoms with E-state index in [-0.39, 0.29) is 0 Å². The fourth-order valence-electron chi connectivity index (χ4n) is 1.51. The van der Waals surface area contributed by atoms with Gasteiger partial charge in [0.2, 0.25) is 0 Å². The minimum Gasteiger partial charge on any atom is -0.496 e. The second-order valence-corrected chi connectivity index (χ2v) is 4.29. The molecule has 0 aliphatic rings. The van der Waals surface area contributed by atoms with Gasteiger partial charge in [0.15, 0.2) is 0 Å². The molecule has 0 aromatic heterocycles. The van der Waals surface area contributed by atoms with Gasteiger partial charge in [0, 0.05) is 11.1 Å². The molecule has 1 aromatic rings. The lowest BCUT2D eigenvalue weighted by molar-refractivity contribution is -0.137. The van der Waals surface area contributed by atoms with Crippen molar-refractivity contribution in [1.82, 2.24) is 5.32 Å². The number of nitrogens with one attached hydrogen (secondary N) is 1. The molecule has 1 N–H and O–H groups in total. The monoisotopic (exact) mass is 247 g/mol. The van der Waals surface area contributed by atoms with Gasteiger partial charge in [0.05, 0.1) is 12.7 Å². The summed E-state index contributed by atoms with van der Waals surface area (Å²) in [6, 6.07) is 3.49. The van der Waals surface area contributed by atoms with Crippen LogP contribution in [-0.2, 0) is 11.7 Å². The van der Waals surface area contributed by atoms with Gasteiger partial charge in [-0.2, -0.15) is 13.2 Å². The minimum atomic E-state index is -4.34. The second-order valence-electron chi connectivity index (χ2n) is 4.29. The second kappa shape index (κ2) is 4.56. The lowest BCUT2D eigenvalue weighted by atomic mass is 9.92. The zero-order chi connectivity index (χ0) is 13.3. The van der Waals surface area contributed by atoms with Gasteiger partial charge in [-0.3, -0.25) is 0 Å². The number of methoxy groups -OCH3 is 1. The van der Waals surface area contributed by atoms with Crippen molar-refractivity contribution in [2.75, 3.05) is 14.2 Å². The Morgan fingerprint density at radius 2 is 1.76 bits per heavy atom. The molecule has 0 spiro atoms. The zero-order valence-electron chi connectivity index (χ0n) is 10.3. The van der Waals surface area contributed by atoms with Crippen LogP contribution in [0.2, 0.25) is 0 Å². The molecule has 0 bridgehead atoms. The molecule has 0 aliphatic carbocycles. The number of hydrogen-bond donors (Lipinski definition) is 1. The largest absolute Gasteiger partial charge is 0.496 e. The van der Waals surface area contributed by atoms with Crippen molar-refractivity contribution in [2.45, 2.75) is 25.6 Å². The fourth-order valence-corrected chi connectivity index (χ4v) is 1.51. The lowest BCUT2D eigenvalue weighted by Crippen LogP contribution is -2.33. The van der Waals surface area contributed by atoms with Gasteiger partial charge in [0.1, 0.15) is 5.75 Å². The number of rotatable bonds is 3. The average Bonchev–Trinajstić information content (AvgIpc) is 2.27. The van der Waals surface area contributed by atoms with E-state index in [9.17, 15) is 13.2 Å². The summed E-state index contributed by atoms with van der Waals surface area (Å²) in [5.41, 5.74) is -0.777. The molecule has 0 radical (unpaired) electrons. The topological polar surface area (TPSA) is 21.3 Å². The number of halogens is 3. The molecule has 1 rings (SSSR count). The van der Waals surface area contributed by atoms with Crippen molar-refractivity contribution >= 4 is 0 Å². The molecule has 17 heavy (non-hydrogen) atoms. The predicted molar refractivity (Wildman–Crippen MR) is 60.1 cm³/mol. The van der Waals surface area contributed by atoms with Crippen LogP contribution in [0.5, 0.6) is 5.75 Å². The summed E-state index contributed by atoms with van der Waals surface area (Å²) < 4.78 is 43.0. The molecule has 0 unspecified atom stereocenters. The first-order valence-electron chi connectivity index (χ1n) is 5.17. The van der Waals surface area contributed by atoms with Gasteiger partial charge in [-0.15, -0.1) is 0 Å². The highest BCUT2D eigenvalue weighted by molar-refractivity contribution is 5.42. The van der Waals surface area contributed by atoms with Crippen LogP contribution >= 0.6 is 0 Å². The summed E-state index contributed by atoms with van der Waals surface area (Å²) >= 11 is 0. The van der Waals surface area contributed by atoms with E-state index in [4.69, 9.17) is 4.74 Å². The Kier molecular flexibility index (Phi) is 3.71. The number of alkyl halides is 3. The predicted octanol–water partition coefficient (Wildman–Crippen LogP) is 3.17. The lowest BCUT2D eigenvalue weighted by Gasteiger charge is -2.27. The van der Waals surface area contributed by atoms with Crippen LogP contribution in [-0.4, -0.2) is 14.2 Å². The van der Waals surface area contributed by atoms with Gasteiger partial charge >= 0.3 is 6.18 Å². The minimum absolute atomic E-state index is 0.442. The maximum atomic E-state index is 12.6.